The van der Waals surface area contributed by atoms with Crippen molar-refractivity contribution < 1.29 is 35.8 Å². The number of hydrogen-bond acceptors (Lipinski definition) is 4. The van der Waals surface area contributed by atoms with E-state index < -0.39 is 28.9 Å². The first-order valence-electron chi connectivity index (χ1n) is 19.9. The van der Waals surface area contributed by atoms with Crippen LogP contribution in [-0.2, 0) is 0 Å². The lowest BCUT2D eigenvalue weighted by atomic mass is 9.94. The molecule has 1 aliphatic rings. The monoisotopic (exact) mass is 804 g/mol. The highest BCUT2D eigenvalue weighted by Crippen LogP contribution is 2.66. The van der Waals surface area contributed by atoms with Gasteiger partial charge in [-0.15, -0.1) is 22.7 Å². The van der Waals surface area contributed by atoms with Crippen LogP contribution in [0.15, 0.2) is 60.7 Å². The number of halogens is 6. The highest BCUT2D eigenvalue weighted by Gasteiger charge is 2.80. The molecule has 0 atom stereocenters. The zero-order chi connectivity index (χ0) is 39.6. The van der Waals surface area contributed by atoms with E-state index in [0.29, 0.717) is 45.6 Å². The van der Waals surface area contributed by atoms with Crippen LogP contribution in [0.3, 0.4) is 0 Å². The number of hydrogen-bond donors (Lipinski definition) is 0. The van der Waals surface area contributed by atoms with Gasteiger partial charge in [0, 0.05) is 30.7 Å². The largest absolute Gasteiger partial charge is 0.494 e. The Morgan fingerprint density at radius 2 is 0.800 bits per heavy atom. The van der Waals surface area contributed by atoms with Crippen molar-refractivity contribution in [2.24, 2.45) is 0 Å². The van der Waals surface area contributed by atoms with E-state index in [-0.39, 0.29) is 20.9 Å². The van der Waals surface area contributed by atoms with E-state index in [0.717, 1.165) is 48.4 Å². The second kappa shape index (κ2) is 19.3. The number of ether oxygens (including phenoxy) is 2. The molecule has 55 heavy (non-hydrogen) atoms. The van der Waals surface area contributed by atoms with Crippen LogP contribution in [-0.4, -0.2) is 31.0 Å². The number of alkyl halides is 6. The molecule has 10 heteroatoms. The molecular formula is C45H54F6O2S2. The fraction of sp³-hybridized carbons (Fsp3) is 0.511. The summed E-state index contributed by atoms with van der Waals surface area (Å²) in [5.74, 6) is -14.6. The van der Waals surface area contributed by atoms with Crippen LogP contribution in [0.25, 0.3) is 32.0 Å². The normalized spacial score (nSPS) is 15.9. The molecule has 0 saturated carbocycles. The summed E-state index contributed by atoms with van der Waals surface area (Å²) in [6, 6.07) is 16.8. The van der Waals surface area contributed by atoms with Gasteiger partial charge < -0.3 is 9.47 Å². The Morgan fingerprint density at radius 3 is 1.15 bits per heavy atom. The molecule has 2 aromatic heterocycles. The van der Waals surface area contributed by atoms with Gasteiger partial charge in [-0.25, -0.2) is 0 Å². The molecule has 0 aliphatic heterocycles. The van der Waals surface area contributed by atoms with Crippen molar-refractivity contribution in [2.45, 2.75) is 135 Å². The van der Waals surface area contributed by atoms with E-state index in [9.17, 15) is 0 Å². The highest BCUT2D eigenvalue weighted by atomic mass is 32.1. The molecular weight excluding hydrogens is 751 g/mol. The standard InChI is InChI=1S/C45H54F6O2S2/c1-5-7-9-11-13-15-17-27-52-35-23-19-33(20-24-35)39-29-37(31(3)54-39)41-42(44(48,49)45(50,51)43(41,46)47)38-30-40(55-32(38)4)34-21-25-36(26-22-34)53-28-18-16-14-12-10-8-6-2/h19-26,29-30H,5-18,27-28H2,1-4H3. The Labute approximate surface area is 331 Å². The highest BCUT2D eigenvalue weighted by molar-refractivity contribution is 7.16. The van der Waals surface area contributed by atoms with Gasteiger partial charge in [0.05, 0.1) is 13.2 Å². The molecule has 0 spiro atoms. The van der Waals surface area contributed by atoms with Gasteiger partial charge in [-0.2, -0.15) is 26.3 Å². The first kappa shape index (κ1) is 42.9. The first-order valence-corrected chi connectivity index (χ1v) is 21.5. The molecule has 0 saturated heterocycles. The summed E-state index contributed by atoms with van der Waals surface area (Å²) in [5, 5.41) is 0. The number of rotatable bonds is 22. The zero-order valence-corrected chi connectivity index (χ0v) is 34.1. The number of aryl methyl sites for hydroxylation is 2. The van der Waals surface area contributed by atoms with Crippen molar-refractivity contribution in [3.8, 4) is 32.4 Å². The molecule has 5 rings (SSSR count). The second-order valence-corrected chi connectivity index (χ2v) is 17.1. The fourth-order valence-electron chi connectivity index (χ4n) is 7.11. The van der Waals surface area contributed by atoms with Gasteiger partial charge in [-0.05, 0) is 110 Å². The summed E-state index contributed by atoms with van der Waals surface area (Å²) in [6.07, 6.45) is 16.3. The average molecular weight is 805 g/mol. The molecule has 0 radical (unpaired) electrons. The molecule has 0 unspecified atom stereocenters. The maximum Gasteiger partial charge on any atom is 0.380 e. The summed E-state index contributed by atoms with van der Waals surface area (Å²) in [4.78, 5) is 1.50. The Morgan fingerprint density at radius 1 is 0.473 bits per heavy atom. The SMILES string of the molecule is CCCCCCCCCOc1ccc(-c2cc(C3=C(c4cc(-c5ccc(OCCCCCCCCC)cc5)sc4C)C(F)(F)C(F)(F)C3(F)F)c(C)s2)cc1. The van der Waals surface area contributed by atoms with Gasteiger partial charge >= 0.3 is 17.8 Å². The van der Waals surface area contributed by atoms with Crippen LogP contribution in [0.4, 0.5) is 26.3 Å². The molecule has 2 heterocycles. The van der Waals surface area contributed by atoms with E-state index in [1.807, 2.05) is 0 Å². The van der Waals surface area contributed by atoms with Gasteiger partial charge in [-0.3, -0.25) is 0 Å². The predicted molar refractivity (Wildman–Crippen MR) is 218 cm³/mol. The summed E-state index contributed by atoms with van der Waals surface area (Å²) < 4.78 is 106. The van der Waals surface area contributed by atoms with Crippen LogP contribution in [0.5, 0.6) is 11.5 Å². The zero-order valence-electron chi connectivity index (χ0n) is 32.5. The molecule has 2 nitrogen and oxygen atoms in total. The van der Waals surface area contributed by atoms with Crippen LogP contribution in [0.2, 0.25) is 0 Å². The first-order chi connectivity index (χ1) is 26.3. The third-order valence-corrected chi connectivity index (χ3v) is 12.6. The lowest BCUT2D eigenvalue weighted by Crippen LogP contribution is -2.48. The van der Waals surface area contributed by atoms with Gasteiger partial charge in [0.15, 0.2) is 0 Å². The summed E-state index contributed by atoms with van der Waals surface area (Å²) in [5.41, 5.74) is -1.95. The Kier molecular flexibility index (Phi) is 15.0. The van der Waals surface area contributed by atoms with Gasteiger partial charge in [0.2, 0.25) is 0 Å². The summed E-state index contributed by atoms with van der Waals surface area (Å²) >= 11 is 2.21. The van der Waals surface area contributed by atoms with Crippen molar-refractivity contribution >= 4 is 33.8 Å². The van der Waals surface area contributed by atoms with Crippen molar-refractivity contribution in [3.05, 3.63) is 81.5 Å². The van der Waals surface area contributed by atoms with Gasteiger partial charge in [-0.1, -0.05) is 90.9 Å². The van der Waals surface area contributed by atoms with Crippen molar-refractivity contribution in [1.82, 2.24) is 0 Å². The van der Waals surface area contributed by atoms with Crippen LogP contribution >= 0.6 is 22.7 Å². The molecule has 0 amide bonds. The minimum absolute atomic E-state index is 0.245. The number of allylic oxidation sites excluding steroid dienone is 2. The smallest absolute Gasteiger partial charge is 0.380 e. The van der Waals surface area contributed by atoms with Gasteiger partial charge in [0.25, 0.3) is 0 Å². The molecule has 2 aromatic carbocycles. The third-order valence-electron chi connectivity index (χ3n) is 10.4. The van der Waals surface area contributed by atoms with E-state index in [1.165, 1.54) is 90.2 Å². The van der Waals surface area contributed by atoms with Crippen LogP contribution in [0.1, 0.15) is 125 Å². The molecule has 4 aromatic rings. The van der Waals surface area contributed by atoms with Crippen molar-refractivity contribution in [1.29, 1.82) is 0 Å². The van der Waals surface area contributed by atoms with E-state index in [2.05, 4.69) is 13.8 Å². The fourth-order valence-corrected chi connectivity index (χ4v) is 9.17. The van der Waals surface area contributed by atoms with Gasteiger partial charge in [0.1, 0.15) is 11.5 Å². The summed E-state index contributed by atoms with van der Waals surface area (Å²) in [6.45, 7) is 8.54. The molecule has 300 valence electrons. The van der Waals surface area contributed by atoms with Crippen LogP contribution < -0.4 is 9.47 Å². The Hall–Kier alpha value is -3.24. The molecule has 0 fully saturated rings. The Balaban J connectivity index is 1.34. The van der Waals surface area contributed by atoms with Crippen molar-refractivity contribution in [2.75, 3.05) is 13.2 Å². The maximum absolute atomic E-state index is 15.8. The second-order valence-electron chi connectivity index (χ2n) is 14.6. The average Bonchev–Trinajstić information content (AvgIpc) is 3.76. The minimum Gasteiger partial charge on any atom is -0.494 e. The lowest BCUT2D eigenvalue weighted by molar-refractivity contribution is -0.254. The maximum atomic E-state index is 15.8. The predicted octanol–water partition coefficient (Wildman–Crippen LogP) is 15.8. The van der Waals surface area contributed by atoms with E-state index in [1.54, 1.807) is 48.5 Å². The molecule has 0 N–H and O–H groups in total. The van der Waals surface area contributed by atoms with E-state index >= 15 is 26.3 Å². The quantitative estimate of drug-likeness (QED) is 0.0582. The lowest BCUT2D eigenvalue weighted by Gasteiger charge is -2.25. The number of unbranched alkanes of at least 4 members (excludes halogenated alkanes) is 12. The van der Waals surface area contributed by atoms with E-state index in [4.69, 9.17) is 9.47 Å². The Bertz CT molecular complexity index is 1710. The number of thiophene rings is 2. The molecule has 1 aliphatic carbocycles. The number of benzene rings is 2. The topological polar surface area (TPSA) is 18.5 Å². The van der Waals surface area contributed by atoms with Crippen molar-refractivity contribution in [3.63, 3.8) is 0 Å². The van der Waals surface area contributed by atoms with Crippen LogP contribution in [0, 0.1) is 13.8 Å². The summed E-state index contributed by atoms with van der Waals surface area (Å²) in [7, 11) is 0. The minimum atomic E-state index is -5.63. The third kappa shape index (κ3) is 9.84. The molecule has 0 bridgehead atoms.